The monoisotopic (exact) mass is 459 g/mol. The Hall–Kier alpha value is -3.07. The molecule has 170 valence electrons. The number of fused-ring (bicyclic) bond motifs is 1. The van der Waals surface area contributed by atoms with Crippen LogP contribution in [0.2, 0.25) is 0 Å². The van der Waals surface area contributed by atoms with E-state index in [4.69, 9.17) is 14.2 Å². The Morgan fingerprint density at radius 1 is 1.12 bits per heavy atom. The van der Waals surface area contributed by atoms with Crippen molar-refractivity contribution in [2.75, 3.05) is 6.79 Å². The van der Waals surface area contributed by atoms with Gasteiger partial charge < -0.3 is 24.3 Å². The minimum Gasteiger partial charge on any atom is -0.454 e. The Kier molecular flexibility index (Phi) is 5.20. The van der Waals surface area contributed by atoms with Crippen LogP contribution in [0.1, 0.15) is 37.8 Å². The second kappa shape index (κ2) is 7.51. The van der Waals surface area contributed by atoms with E-state index in [1.165, 1.54) is 12.1 Å². The first-order valence-corrected chi connectivity index (χ1v) is 11.7. The van der Waals surface area contributed by atoms with Gasteiger partial charge in [0.15, 0.2) is 21.3 Å². The number of benzene rings is 2. The van der Waals surface area contributed by atoms with Crippen LogP contribution >= 0.6 is 0 Å². The maximum Gasteiger partial charge on any atom is 0.408 e. The highest BCUT2D eigenvalue weighted by molar-refractivity contribution is 7.92. The number of alkyl carbamates (subject to hydrolysis) is 1. The highest BCUT2D eigenvalue weighted by Crippen LogP contribution is 2.57. The third-order valence-corrected chi connectivity index (χ3v) is 7.79. The molecule has 1 amide bonds. The van der Waals surface area contributed by atoms with E-state index in [0.29, 0.717) is 23.3 Å². The molecule has 1 aliphatic heterocycles. The molecule has 4 rings (SSSR count). The molecule has 3 atom stereocenters. The Morgan fingerprint density at radius 2 is 1.78 bits per heavy atom. The fourth-order valence-electron chi connectivity index (χ4n) is 4.04. The number of aldehydes is 1. The number of sulfone groups is 1. The maximum absolute atomic E-state index is 13.6. The van der Waals surface area contributed by atoms with Crippen molar-refractivity contribution in [1.82, 2.24) is 5.32 Å². The number of aryl methyl sites for hydroxylation is 1. The first kappa shape index (κ1) is 22.1. The van der Waals surface area contributed by atoms with Gasteiger partial charge in [0.05, 0.1) is 4.90 Å². The Morgan fingerprint density at radius 3 is 2.41 bits per heavy atom. The molecule has 0 saturated heterocycles. The fraction of sp³-hybridized carbons (Fsp3) is 0.391. The summed E-state index contributed by atoms with van der Waals surface area (Å²) in [6, 6.07) is 11.4. The van der Waals surface area contributed by atoms with E-state index in [0.717, 1.165) is 5.56 Å². The summed E-state index contributed by atoms with van der Waals surface area (Å²) in [6.07, 6.45) is -0.375. The predicted molar refractivity (Wildman–Crippen MR) is 116 cm³/mol. The molecule has 0 aromatic heterocycles. The number of hydrogen-bond acceptors (Lipinski definition) is 7. The molecule has 1 saturated carbocycles. The largest absolute Gasteiger partial charge is 0.454 e. The van der Waals surface area contributed by atoms with Crippen molar-refractivity contribution in [3.8, 4) is 11.5 Å². The van der Waals surface area contributed by atoms with Crippen molar-refractivity contribution in [2.45, 2.75) is 54.9 Å². The molecule has 2 aromatic rings. The van der Waals surface area contributed by atoms with Gasteiger partial charge in [0.1, 0.15) is 22.7 Å². The normalized spacial score (nSPS) is 24.0. The van der Waals surface area contributed by atoms with E-state index in [9.17, 15) is 18.0 Å². The van der Waals surface area contributed by atoms with Gasteiger partial charge in [-0.2, -0.15) is 0 Å². The van der Waals surface area contributed by atoms with Crippen molar-refractivity contribution in [3.05, 3.63) is 53.6 Å². The van der Waals surface area contributed by atoms with Gasteiger partial charge in [0.2, 0.25) is 6.79 Å². The van der Waals surface area contributed by atoms with Crippen LogP contribution in [-0.4, -0.2) is 44.0 Å². The van der Waals surface area contributed by atoms with Crippen molar-refractivity contribution in [2.24, 2.45) is 0 Å². The molecule has 0 bridgehead atoms. The summed E-state index contributed by atoms with van der Waals surface area (Å²) in [5.41, 5.74) is -1.05. The second-order valence-electron chi connectivity index (χ2n) is 9.05. The average Bonchev–Trinajstić information content (AvgIpc) is 3.13. The van der Waals surface area contributed by atoms with Crippen molar-refractivity contribution >= 4 is 22.2 Å². The Bertz CT molecular complexity index is 1170. The minimum atomic E-state index is -3.98. The van der Waals surface area contributed by atoms with Crippen LogP contribution in [0.25, 0.3) is 0 Å². The second-order valence-corrected chi connectivity index (χ2v) is 11.1. The lowest BCUT2D eigenvalue weighted by molar-refractivity contribution is -0.110. The topological polar surface area (TPSA) is 108 Å². The zero-order chi connectivity index (χ0) is 23.3. The number of amides is 1. The van der Waals surface area contributed by atoms with E-state index < -0.39 is 38.2 Å². The lowest BCUT2D eigenvalue weighted by Crippen LogP contribution is -2.45. The summed E-state index contributed by atoms with van der Waals surface area (Å²) in [5, 5.41) is 1.34. The summed E-state index contributed by atoms with van der Waals surface area (Å²) in [4.78, 5) is 25.0. The number of ether oxygens (including phenoxy) is 3. The molecule has 32 heavy (non-hydrogen) atoms. The van der Waals surface area contributed by atoms with E-state index >= 15 is 0 Å². The molecule has 2 aromatic carbocycles. The number of hydrogen-bond donors (Lipinski definition) is 1. The first-order valence-electron chi connectivity index (χ1n) is 10.2. The zero-order valence-electron chi connectivity index (χ0n) is 18.2. The lowest BCUT2D eigenvalue weighted by Gasteiger charge is -2.22. The van der Waals surface area contributed by atoms with Gasteiger partial charge in [-0.15, -0.1) is 0 Å². The van der Waals surface area contributed by atoms with E-state index in [2.05, 4.69) is 5.32 Å². The summed E-state index contributed by atoms with van der Waals surface area (Å²) in [6.45, 7) is 6.96. The molecule has 9 heteroatoms. The number of carbonyl (C=O) groups excluding carboxylic acids is 2. The van der Waals surface area contributed by atoms with E-state index in [1.54, 1.807) is 51.1 Å². The Balaban J connectivity index is 1.76. The molecule has 0 unspecified atom stereocenters. The van der Waals surface area contributed by atoms with E-state index in [-0.39, 0.29) is 11.7 Å². The van der Waals surface area contributed by atoms with Gasteiger partial charge in [-0.25, -0.2) is 13.2 Å². The predicted octanol–water partition coefficient (Wildman–Crippen LogP) is 3.13. The minimum absolute atomic E-state index is 0.0591. The molecule has 1 aliphatic carbocycles. The molecule has 0 radical (unpaired) electrons. The van der Waals surface area contributed by atoms with Gasteiger partial charge in [0.25, 0.3) is 0 Å². The van der Waals surface area contributed by atoms with Crippen LogP contribution in [0, 0.1) is 6.92 Å². The molecule has 8 nitrogen and oxygen atoms in total. The van der Waals surface area contributed by atoms with Crippen LogP contribution in [0.3, 0.4) is 0 Å². The van der Waals surface area contributed by atoms with Gasteiger partial charge in [0, 0.05) is 5.92 Å². The molecule has 1 fully saturated rings. The van der Waals surface area contributed by atoms with E-state index in [1.807, 2.05) is 6.92 Å². The number of carbonyl (C=O) groups is 2. The van der Waals surface area contributed by atoms with Crippen LogP contribution < -0.4 is 14.8 Å². The van der Waals surface area contributed by atoms with Gasteiger partial charge in [-0.3, -0.25) is 0 Å². The molecule has 0 spiro atoms. The van der Waals surface area contributed by atoms with Crippen molar-refractivity contribution in [1.29, 1.82) is 0 Å². The third kappa shape index (κ3) is 3.81. The van der Waals surface area contributed by atoms with Gasteiger partial charge in [-0.05, 0) is 57.5 Å². The van der Waals surface area contributed by atoms with Gasteiger partial charge >= 0.3 is 6.09 Å². The lowest BCUT2D eigenvalue weighted by atomic mass is 10.1. The quantitative estimate of drug-likeness (QED) is 0.685. The molecule has 1 heterocycles. The average molecular weight is 460 g/mol. The summed E-state index contributed by atoms with van der Waals surface area (Å²) in [5.74, 6) is 0.162. The molecular weight excluding hydrogens is 434 g/mol. The summed E-state index contributed by atoms with van der Waals surface area (Å²) >= 11 is 0. The Labute approximate surface area is 186 Å². The van der Waals surface area contributed by atoms with Crippen molar-refractivity contribution < 1.29 is 32.2 Å². The van der Waals surface area contributed by atoms with Crippen LogP contribution in [0.5, 0.6) is 11.5 Å². The summed E-state index contributed by atoms with van der Waals surface area (Å²) < 4.78 is 43.2. The first-order chi connectivity index (χ1) is 15.0. The smallest absolute Gasteiger partial charge is 0.408 e. The summed E-state index contributed by atoms with van der Waals surface area (Å²) in [7, 11) is -3.98. The van der Waals surface area contributed by atoms with Crippen LogP contribution in [0.4, 0.5) is 4.79 Å². The van der Waals surface area contributed by atoms with Crippen LogP contribution in [0.15, 0.2) is 47.4 Å². The third-order valence-electron chi connectivity index (χ3n) is 5.53. The highest BCUT2D eigenvalue weighted by atomic mass is 32.2. The molecule has 2 aliphatic rings. The molecule has 1 N–H and O–H groups in total. The standard InChI is InChI=1S/C23H25NO7S/c1-14-5-8-16(9-6-14)32(27,28)20-19(15-7-10-17-18(11-15)30-13-29-17)23(20,12-25)24-21(26)31-22(2,3)4/h5-12,19-20H,13H2,1-4H3,(H,24,26)/t19-,20-,23-/m1/s1. The number of nitrogens with one attached hydrogen (secondary N) is 1. The van der Waals surface area contributed by atoms with Crippen molar-refractivity contribution in [3.63, 3.8) is 0 Å². The highest BCUT2D eigenvalue weighted by Gasteiger charge is 2.73. The number of rotatable bonds is 5. The maximum atomic E-state index is 13.6. The molecular formula is C23H25NO7S. The van der Waals surface area contributed by atoms with Gasteiger partial charge in [-0.1, -0.05) is 23.8 Å². The fourth-order valence-corrected chi connectivity index (χ4v) is 6.29. The zero-order valence-corrected chi connectivity index (χ0v) is 19.1. The van der Waals surface area contributed by atoms with Crippen LogP contribution in [-0.2, 0) is 19.4 Å². The SMILES string of the molecule is Cc1ccc(S(=O)(=O)[C@@H]2[C@@H](c3ccc4c(c3)OCO4)[C@@]2(C=O)NC(=O)OC(C)(C)C)cc1.